The first kappa shape index (κ1) is 14.1. The lowest BCUT2D eigenvalue weighted by molar-refractivity contribution is 0.534. The van der Waals surface area contributed by atoms with Crippen LogP contribution in [-0.4, -0.2) is 14.8 Å². The van der Waals surface area contributed by atoms with E-state index in [0.717, 1.165) is 11.8 Å². The number of anilines is 1. The Kier molecular flexibility index (Phi) is 4.00. The van der Waals surface area contributed by atoms with Gasteiger partial charge in [-0.1, -0.05) is 0 Å². The van der Waals surface area contributed by atoms with Crippen LogP contribution in [0.5, 0.6) is 0 Å². The summed E-state index contributed by atoms with van der Waals surface area (Å²) < 4.78 is 15.3. The summed E-state index contributed by atoms with van der Waals surface area (Å²) in [5, 5.41) is 6.75. The van der Waals surface area contributed by atoms with Gasteiger partial charge in [0.1, 0.15) is 5.82 Å². The molecule has 102 valence electrons. The quantitative estimate of drug-likeness (QED) is 0.837. The van der Waals surface area contributed by atoms with Crippen LogP contribution in [0.25, 0.3) is 0 Å². The minimum atomic E-state index is -0.411. The summed E-state index contributed by atoms with van der Waals surface area (Å²) in [5.74, 6) is -0.411. The number of aromatic nitrogens is 3. The van der Waals surface area contributed by atoms with Gasteiger partial charge in [-0.05, 0) is 53.7 Å². The second-order valence-electron chi connectivity index (χ2n) is 4.18. The van der Waals surface area contributed by atoms with E-state index in [4.69, 9.17) is 5.73 Å². The van der Waals surface area contributed by atoms with Crippen LogP contribution in [0.1, 0.15) is 19.9 Å². The maximum atomic E-state index is 13.5. The van der Waals surface area contributed by atoms with Gasteiger partial charge in [0.05, 0.1) is 4.47 Å². The smallest absolute Gasteiger partial charge is 0.344 e. The first-order valence-electron chi connectivity index (χ1n) is 5.49. The molecule has 0 saturated heterocycles. The van der Waals surface area contributed by atoms with Crippen LogP contribution in [0.15, 0.2) is 31.5 Å². The van der Waals surface area contributed by atoms with E-state index in [0.29, 0.717) is 20.2 Å². The number of hydrogen-bond acceptors (Lipinski definition) is 4. The summed E-state index contributed by atoms with van der Waals surface area (Å²) in [5.41, 5.74) is 5.95. The van der Waals surface area contributed by atoms with Crippen LogP contribution in [-0.2, 0) is 0 Å². The highest BCUT2D eigenvalue weighted by Gasteiger charge is 2.15. The molecule has 0 atom stereocenters. The minimum absolute atomic E-state index is 0.0460. The summed E-state index contributed by atoms with van der Waals surface area (Å²) >= 11 is 4.21. The zero-order chi connectivity index (χ0) is 14.2. The zero-order valence-electron chi connectivity index (χ0n) is 10.3. The number of nitrogens with one attached hydrogen (secondary N) is 1. The van der Waals surface area contributed by atoms with Crippen molar-refractivity contribution in [3.8, 4) is 0 Å². The SMILES string of the molecule is CC(C)n1c(Sc2cc(F)c(Br)cc2N)n[nH]c1=O. The van der Waals surface area contributed by atoms with Crippen molar-refractivity contribution in [1.82, 2.24) is 14.8 Å². The van der Waals surface area contributed by atoms with E-state index >= 15 is 0 Å². The second kappa shape index (κ2) is 5.38. The Hall–Kier alpha value is -1.28. The highest BCUT2D eigenvalue weighted by molar-refractivity contribution is 9.10. The van der Waals surface area contributed by atoms with Crippen molar-refractivity contribution in [2.24, 2.45) is 0 Å². The van der Waals surface area contributed by atoms with Crippen molar-refractivity contribution in [2.45, 2.75) is 29.9 Å². The van der Waals surface area contributed by atoms with Crippen molar-refractivity contribution in [1.29, 1.82) is 0 Å². The van der Waals surface area contributed by atoms with Gasteiger partial charge in [-0.25, -0.2) is 14.3 Å². The largest absolute Gasteiger partial charge is 0.398 e. The third-order valence-electron chi connectivity index (χ3n) is 2.44. The van der Waals surface area contributed by atoms with Crippen LogP contribution in [0.3, 0.4) is 0 Å². The predicted octanol–water partition coefficient (Wildman–Crippen LogP) is 2.79. The van der Waals surface area contributed by atoms with Crippen molar-refractivity contribution < 1.29 is 4.39 Å². The highest BCUT2D eigenvalue weighted by atomic mass is 79.9. The Morgan fingerprint density at radius 3 is 2.84 bits per heavy atom. The molecule has 0 radical (unpaired) electrons. The van der Waals surface area contributed by atoms with Gasteiger partial charge < -0.3 is 5.73 Å². The van der Waals surface area contributed by atoms with E-state index in [9.17, 15) is 9.18 Å². The molecule has 1 aromatic carbocycles. The molecule has 0 fully saturated rings. The number of H-pyrrole nitrogens is 1. The Balaban J connectivity index is 2.42. The lowest BCUT2D eigenvalue weighted by Gasteiger charge is -2.10. The van der Waals surface area contributed by atoms with Crippen LogP contribution in [0, 0.1) is 5.82 Å². The molecule has 0 amide bonds. The molecular formula is C11H12BrFN4OS. The highest BCUT2D eigenvalue weighted by Crippen LogP contribution is 2.34. The molecule has 0 unspecified atom stereocenters. The first-order valence-corrected chi connectivity index (χ1v) is 7.10. The third-order valence-corrected chi connectivity index (χ3v) is 4.09. The maximum absolute atomic E-state index is 13.5. The van der Waals surface area contributed by atoms with E-state index in [1.807, 2.05) is 13.8 Å². The summed E-state index contributed by atoms with van der Waals surface area (Å²) in [4.78, 5) is 12.1. The Morgan fingerprint density at radius 2 is 2.21 bits per heavy atom. The van der Waals surface area contributed by atoms with E-state index in [1.165, 1.54) is 16.7 Å². The lowest BCUT2D eigenvalue weighted by Crippen LogP contribution is -2.19. The predicted molar refractivity (Wildman–Crippen MR) is 75.9 cm³/mol. The Morgan fingerprint density at radius 1 is 1.53 bits per heavy atom. The molecule has 1 aromatic heterocycles. The van der Waals surface area contributed by atoms with Crippen LogP contribution in [0.2, 0.25) is 0 Å². The summed E-state index contributed by atoms with van der Waals surface area (Å²) in [6.45, 7) is 3.74. The monoisotopic (exact) mass is 346 g/mol. The van der Waals surface area contributed by atoms with Gasteiger partial charge in [0.2, 0.25) is 0 Å². The Bertz CT molecular complexity index is 667. The standard InChI is InChI=1S/C11H12BrFN4OS/c1-5(2)17-10(18)15-16-11(17)19-9-4-7(13)6(12)3-8(9)14/h3-5H,14H2,1-2H3,(H,15,18). The van der Waals surface area contributed by atoms with Crippen LogP contribution < -0.4 is 11.4 Å². The molecule has 0 aliphatic rings. The number of rotatable bonds is 3. The van der Waals surface area contributed by atoms with Crippen molar-refractivity contribution in [3.05, 3.63) is 32.9 Å². The lowest BCUT2D eigenvalue weighted by atomic mass is 10.3. The molecule has 1 heterocycles. The van der Waals surface area contributed by atoms with Gasteiger partial charge in [0.15, 0.2) is 5.16 Å². The molecular weight excluding hydrogens is 335 g/mol. The van der Waals surface area contributed by atoms with E-state index in [2.05, 4.69) is 26.1 Å². The molecule has 5 nitrogen and oxygen atoms in total. The van der Waals surface area contributed by atoms with Crippen molar-refractivity contribution >= 4 is 33.4 Å². The van der Waals surface area contributed by atoms with Gasteiger partial charge in [-0.3, -0.25) is 4.57 Å². The number of benzene rings is 1. The second-order valence-corrected chi connectivity index (χ2v) is 6.04. The number of hydrogen-bond donors (Lipinski definition) is 2. The fourth-order valence-corrected chi connectivity index (χ4v) is 2.93. The van der Waals surface area contributed by atoms with Crippen molar-refractivity contribution in [3.63, 3.8) is 0 Å². The molecule has 8 heteroatoms. The number of halogens is 2. The molecule has 0 aliphatic heterocycles. The molecule has 0 spiro atoms. The van der Waals surface area contributed by atoms with Crippen LogP contribution in [0.4, 0.5) is 10.1 Å². The molecule has 3 N–H and O–H groups in total. The van der Waals surface area contributed by atoms with Gasteiger partial charge >= 0.3 is 5.69 Å². The summed E-state index contributed by atoms with van der Waals surface area (Å²) in [6.07, 6.45) is 0. The first-order chi connectivity index (χ1) is 8.90. The van der Waals surface area contributed by atoms with Crippen LogP contribution >= 0.6 is 27.7 Å². The fourth-order valence-electron chi connectivity index (χ4n) is 1.55. The fraction of sp³-hybridized carbons (Fsp3) is 0.273. The minimum Gasteiger partial charge on any atom is -0.398 e. The van der Waals surface area contributed by atoms with Gasteiger partial charge in [0.25, 0.3) is 0 Å². The third kappa shape index (κ3) is 2.84. The van der Waals surface area contributed by atoms with Crippen molar-refractivity contribution in [2.75, 3.05) is 5.73 Å². The molecule has 19 heavy (non-hydrogen) atoms. The average molecular weight is 347 g/mol. The number of nitrogen functional groups attached to an aromatic ring is 1. The number of nitrogens with two attached hydrogens (primary N) is 1. The molecule has 0 bridgehead atoms. The molecule has 2 aromatic rings. The maximum Gasteiger partial charge on any atom is 0.344 e. The summed E-state index contributed by atoms with van der Waals surface area (Å²) in [7, 11) is 0. The number of aromatic amines is 1. The van der Waals surface area contributed by atoms with Gasteiger partial charge in [-0.15, -0.1) is 5.10 Å². The van der Waals surface area contributed by atoms with E-state index in [1.54, 1.807) is 0 Å². The summed E-state index contributed by atoms with van der Waals surface area (Å²) in [6, 6.07) is 2.76. The van der Waals surface area contributed by atoms with Gasteiger partial charge in [-0.2, -0.15) is 0 Å². The van der Waals surface area contributed by atoms with E-state index in [-0.39, 0.29) is 11.7 Å². The zero-order valence-corrected chi connectivity index (χ0v) is 12.7. The topological polar surface area (TPSA) is 76.7 Å². The van der Waals surface area contributed by atoms with Gasteiger partial charge in [0, 0.05) is 16.6 Å². The molecule has 0 aliphatic carbocycles. The molecule has 2 rings (SSSR count). The van der Waals surface area contributed by atoms with E-state index < -0.39 is 5.82 Å². The normalized spacial score (nSPS) is 11.2. The average Bonchev–Trinajstić information content (AvgIpc) is 2.67. The molecule has 0 saturated carbocycles. The Labute approximate surface area is 121 Å². The number of nitrogens with zero attached hydrogens (tertiary/aromatic N) is 2.